The van der Waals surface area contributed by atoms with Crippen LogP contribution in [0.5, 0.6) is 0 Å². The Bertz CT molecular complexity index is 620. The highest BCUT2D eigenvalue weighted by Gasteiger charge is 2.35. The van der Waals surface area contributed by atoms with Crippen molar-refractivity contribution in [3.05, 3.63) is 23.3 Å². The molecule has 2 N–H and O–H groups in total. The van der Waals surface area contributed by atoms with E-state index in [1.165, 1.54) is 11.2 Å². The Morgan fingerprint density at radius 3 is 2.25 bits per heavy atom. The molecule has 0 unspecified atom stereocenters. The first-order chi connectivity index (χ1) is 9.14. The average Bonchev–Trinajstić information content (AvgIpc) is 2.84. The molecule has 0 bridgehead atoms. The van der Waals surface area contributed by atoms with Crippen LogP contribution in [-0.4, -0.2) is 25.8 Å². The van der Waals surface area contributed by atoms with Crippen LogP contribution in [0.3, 0.4) is 0 Å². The number of sulfonamides is 1. The molecule has 112 valence electrons. The molecule has 0 spiro atoms. The normalized spacial score (nSPS) is 17.6. The molecule has 0 atom stereocenters. The van der Waals surface area contributed by atoms with Gasteiger partial charge in [-0.05, 0) is 37.5 Å². The lowest BCUT2D eigenvalue weighted by molar-refractivity contribution is -0.137. The lowest BCUT2D eigenvalue weighted by atomic mass is 10.1. The number of rotatable bonds is 2. The molecular formula is C12H15F3N2O2S. The van der Waals surface area contributed by atoms with Gasteiger partial charge in [-0.25, -0.2) is 8.42 Å². The molecule has 0 aliphatic carbocycles. The molecule has 1 fully saturated rings. The number of hydrogen-bond acceptors (Lipinski definition) is 3. The Morgan fingerprint density at radius 1 is 1.20 bits per heavy atom. The summed E-state index contributed by atoms with van der Waals surface area (Å²) < 4.78 is 64.3. The number of nitrogens with zero attached hydrogens (tertiary/aromatic N) is 1. The summed E-state index contributed by atoms with van der Waals surface area (Å²) in [7, 11) is -3.92. The Balaban J connectivity index is 2.58. The number of alkyl halides is 3. The van der Waals surface area contributed by atoms with Crippen LogP contribution in [0.1, 0.15) is 24.0 Å². The fourth-order valence-corrected chi connectivity index (χ4v) is 4.01. The van der Waals surface area contributed by atoms with E-state index in [1.54, 1.807) is 0 Å². The second-order valence-corrected chi connectivity index (χ2v) is 6.70. The molecule has 8 heteroatoms. The second kappa shape index (κ2) is 4.92. The maximum atomic E-state index is 12.8. The van der Waals surface area contributed by atoms with Gasteiger partial charge >= 0.3 is 6.18 Å². The first kappa shape index (κ1) is 15.1. The van der Waals surface area contributed by atoms with Crippen molar-refractivity contribution in [3.8, 4) is 0 Å². The van der Waals surface area contributed by atoms with E-state index in [-0.39, 0.29) is 16.1 Å². The van der Waals surface area contributed by atoms with Gasteiger partial charge in [0.05, 0.1) is 10.5 Å². The molecule has 0 saturated carbocycles. The molecule has 1 aromatic carbocycles. The van der Waals surface area contributed by atoms with E-state index in [1.807, 2.05) is 0 Å². The van der Waals surface area contributed by atoms with Crippen molar-refractivity contribution >= 4 is 15.7 Å². The molecule has 20 heavy (non-hydrogen) atoms. The van der Waals surface area contributed by atoms with Gasteiger partial charge in [0.1, 0.15) is 0 Å². The SMILES string of the molecule is Cc1c(N)cc(C(F)(F)F)cc1S(=O)(=O)N1CCCC1. The highest BCUT2D eigenvalue weighted by molar-refractivity contribution is 7.89. The number of benzene rings is 1. The monoisotopic (exact) mass is 308 g/mol. The predicted octanol–water partition coefficient (Wildman–Crippen LogP) is 2.38. The summed E-state index contributed by atoms with van der Waals surface area (Å²) in [5.41, 5.74) is 4.48. The summed E-state index contributed by atoms with van der Waals surface area (Å²) >= 11 is 0. The zero-order valence-corrected chi connectivity index (χ0v) is 11.7. The fraction of sp³-hybridized carbons (Fsp3) is 0.500. The van der Waals surface area contributed by atoms with E-state index < -0.39 is 21.8 Å². The molecular weight excluding hydrogens is 293 g/mol. The zero-order chi connectivity index (χ0) is 15.1. The van der Waals surface area contributed by atoms with Crippen LogP contribution in [0.2, 0.25) is 0 Å². The third-order valence-corrected chi connectivity index (χ3v) is 5.44. The molecule has 0 aromatic heterocycles. The zero-order valence-electron chi connectivity index (χ0n) is 10.9. The van der Waals surface area contributed by atoms with E-state index in [4.69, 9.17) is 5.73 Å². The third-order valence-electron chi connectivity index (χ3n) is 3.41. The van der Waals surface area contributed by atoms with E-state index in [0.29, 0.717) is 32.0 Å². The first-order valence-corrected chi connectivity index (χ1v) is 7.55. The summed E-state index contributed by atoms with van der Waals surface area (Å²) in [4.78, 5) is -0.355. The molecule has 1 aliphatic heterocycles. The second-order valence-electron chi connectivity index (χ2n) is 4.80. The van der Waals surface area contributed by atoms with Gasteiger partial charge in [0.25, 0.3) is 0 Å². The smallest absolute Gasteiger partial charge is 0.398 e. The average molecular weight is 308 g/mol. The van der Waals surface area contributed by atoms with Crippen LogP contribution in [0, 0.1) is 6.92 Å². The van der Waals surface area contributed by atoms with Crippen molar-refractivity contribution in [2.45, 2.75) is 30.8 Å². The molecule has 0 radical (unpaired) electrons. The van der Waals surface area contributed by atoms with E-state index in [9.17, 15) is 21.6 Å². The van der Waals surface area contributed by atoms with Crippen LogP contribution >= 0.6 is 0 Å². The Kier molecular flexibility index (Phi) is 3.72. The van der Waals surface area contributed by atoms with E-state index in [2.05, 4.69) is 0 Å². The number of nitrogens with two attached hydrogens (primary N) is 1. The van der Waals surface area contributed by atoms with Crippen molar-refractivity contribution in [1.82, 2.24) is 4.31 Å². The van der Waals surface area contributed by atoms with Crippen molar-refractivity contribution in [2.24, 2.45) is 0 Å². The minimum absolute atomic E-state index is 0.157. The molecule has 2 rings (SSSR count). The third kappa shape index (κ3) is 2.62. The molecule has 1 heterocycles. The van der Waals surface area contributed by atoms with Crippen molar-refractivity contribution in [1.29, 1.82) is 0 Å². The van der Waals surface area contributed by atoms with Crippen LogP contribution in [0.25, 0.3) is 0 Å². The van der Waals surface area contributed by atoms with Gasteiger partial charge in [-0.1, -0.05) is 0 Å². The number of hydrogen-bond donors (Lipinski definition) is 1. The molecule has 1 saturated heterocycles. The van der Waals surface area contributed by atoms with Gasteiger partial charge in [-0.2, -0.15) is 17.5 Å². The van der Waals surface area contributed by atoms with Gasteiger partial charge in [0.15, 0.2) is 0 Å². The summed E-state index contributed by atoms with van der Waals surface area (Å²) in [6.07, 6.45) is -3.20. The Morgan fingerprint density at radius 2 is 1.75 bits per heavy atom. The molecule has 1 aromatic rings. The van der Waals surface area contributed by atoms with Crippen molar-refractivity contribution in [2.75, 3.05) is 18.8 Å². The Hall–Kier alpha value is -1.28. The Labute approximate surface area is 115 Å². The lowest BCUT2D eigenvalue weighted by Gasteiger charge is -2.19. The number of halogens is 3. The maximum Gasteiger partial charge on any atom is 0.416 e. The molecule has 1 aliphatic rings. The van der Waals surface area contributed by atoms with Crippen molar-refractivity contribution in [3.63, 3.8) is 0 Å². The summed E-state index contributed by atoms with van der Waals surface area (Å²) in [5.74, 6) is 0. The van der Waals surface area contributed by atoms with Crippen LogP contribution < -0.4 is 5.73 Å². The minimum atomic E-state index is -4.63. The molecule has 4 nitrogen and oxygen atoms in total. The standard InChI is InChI=1S/C12H15F3N2O2S/c1-8-10(16)6-9(12(13,14)15)7-11(8)20(18,19)17-4-2-3-5-17/h6-7H,2-5,16H2,1H3. The van der Waals surface area contributed by atoms with Crippen LogP contribution in [0.4, 0.5) is 18.9 Å². The van der Waals surface area contributed by atoms with E-state index in [0.717, 1.165) is 6.07 Å². The van der Waals surface area contributed by atoms with Crippen LogP contribution in [0.15, 0.2) is 17.0 Å². The molecule has 0 amide bonds. The van der Waals surface area contributed by atoms with Gasteiger partial charge < -0.3 is 5.73 Å². The largest absolute Gasteiger partial charge is 0.416 e. The summed E-state index contributed by atoms with van der Waals surface area (Å²) in [6, 6.07) is 1.43. The van der Waals surface area contributed by atoms with Crippen LogP contribution in [-0.2, 0) is 16.2 Å². The van der Waals surface area contributed by atoms with Gasteiger partial charge in [0, 0.05) is 18.8 Å². The quantitative estimate of drug-likeness (QED) is 0.853. The van der Waals surface area contributed by atoms with Gasteiger partial charge in [-0.15, -0.1) is 0 Å². The predicted molar refractivity (Wildman–Crippen MR) is 68.6 cm³/mol. The van der Waals surface area contributed by atoms with Gasteiger partial charge in [0.2, 0.25) is 10.0 Å². The van der Waals surface area contributed by atoms with Crippen molar-refractivity contribution < 1.29 is 21.6 Å². The maximum absolute atomic E-state index is 12.8. The summed E-state index contributed by atoms with van der Waals surface area (Å²) in [6.45, 7) is 2.08. The van der Waals surface area contributed by atoms with Gasteiger partial charge in [-0.3, -0.25) is 0 Å². The highest BCUT2D eigenvalue weighted by Crippen LogP contribution is 2.35. The topological polar surface area (TPSA) is 63.4 Å². The number of anilines is 1. The highest BCUT2D eigenvalue weighted by atomic mass is 32.2. The fourth-order valence-electron chi connectivity index (χ4n) is 2.21. The number of nitrogen functional groups attached to an aromatic ring is 1. The lowest BCUT2D eigenvalue weighted by Crippen LogP contribution is -2.29. The van der Waals surface area contributed by atoms with E-state index >= 15 is 0 Å². The summed E-state index contributed by atoms with van der Waals surface area (Å²) in [5, 5.41) is 0. The first-order valence-electron chi connectivity index (χ1n) is 6.11. The minimum Gasteiger partial charge on any atom is -0.398 e.